The molecule has 0 saturated carbocycles. The smallest absolute Gasteiger partial charge is 0.283 e. The van der Waals surface area contributed by atoms with Crippen LogP contribution in [-0.2, 0) is 14.9 Å². The van der Waals surface area contributed by atoms with Gasteiger partial charge in [-0.05, 0) is 35.9 Å². The molecule has 0 bridgehead atoms. The Morgan fingerprint density at radius 3 is 1.97 bits per heavy atom. The molecule has 0 aromatic heterocycles. The highest BCUT2D eigenvalue weighted by molar-refractivity contribution is 7.87. The molecule has 0 fully saturated rings. The second-order valence-corrected chi connectivity index (χ2v) is 9.25. The van der Waals surface area contributed by atoms with Gasteiger partial charge in [-0.25, -0.2) is 0 Å². The fraction of sp³-hybridized carbons (Fsp3) is 0.0526. The molecule has 3 aromatic rings. The van der Waals surface area contributed by atoms with Crippen LogP contribution in [0.3, 0.4) is 0 Å². The molecule has 3 aromatic carbocycles. The van der Waals surface area contributed by atoms with Crippen molar-refractivity contribution in [1.82, 2.24) is 0 Å². The van der Waals surface area contributed by atoms with Gasteiger partial charge in [-0.15, -0.1) is 0 Å². The third-order valence-electron chi connectivity index (χ3n) is 4.42. The molecular formula is C19H12Cl4O5S. The maximum Gasteiger partial charge on any atom is 0.283 e. The molecule has 0 heterocycles. The summed E-state index contributed by atoms with van der Waals surface area (Å²) in [6, 6.07) is 11.9. The van der Waals surface area contributed by atoms with E-state index in [4.69, 9.17) is 46.4 Å². The van der Waals surface area contributed by atoms with Gasteiger partial charge in [0.2, 0.25) is 0 Å². The first-order valence-electron chi connectivity index (χ1n) is 7.90. The largest absolute Gasteiger partial charge is 0.504 e. The van der Waals surface area contributed by atoms with Gasteiger partial charge in [0.05, 0.1) is 15.1 Å². The first-order chi connectivity index (χ1) is 13.5. The predicted octanol–water partition coefficient (Wildman–Crippen LogP) is 5.89. The first-order valence-corrected chi connectivity index (χ1v) is 10.9. The molecule has 29 heavy (non-hydrogen) atoms. The molecule has 5 nitrogen and oxygen atoms in total. The summed E-state index contributed by atoms with van der Waals surface area (Å²) >= 11 is 24.7. The molecule has 10 heteroatoms. The molecule has 1 atom stereocenters. The summed E-state index contributed by atoms with van der Waals surface area (Å²) in [4.78, 5) is 0. The van der Waals surface area contributed by atoms with Gasteiger partial charge >= 0.3 is 0 Å². The first kappa shape index (κ1) is 22.0. The standard InChI is InChI=1S/C19H12Cl4O5S/c20-12-4-2-1-3-11(12)19(29(26,27)28,10-5-6-13(21)15(23)9-10)17-14(22)7-8-16(24)18(17)25/h1-9,24-25H,(H,26,27,28). The van der Waals surface area contributed by atoms with Gasteiger partial charge in [0.25, 0.3) is 10.1 Å². The zero-order chi connectivity index (χ0) is 21.6. The van der Waals surface area contributed by atoms with E-state index in [9.17, 15) is 23.2 Å². The van der Waals surface area contributed by atoms with E-state index in [0.29, 0.717) is 0 Å². The second kappa shape index (κ2) is 7.87. The van der Waals surface area contributed by atoms with E-state index in [2.05, 4.69) is 0 Å². The predicted molar refractivity (Wildman–Crippen MR) is 114 cm³/mol. The lowest BCUT2D eigenvalue weighted by molar-refractivity contribution is 0.394. The van der Waals surface area contributed by atoms with Crippen molar-refractivity contribution in [3.05, 3.63) is 91.4 Å². The summed E-state index contributed by atoms with van der Waals surface area (Å²) in [7, 11) is -5.14. The van der Waals surface area contributed by atoms with Crippen LogP contribution >= 0.6 is 46.4 Å². The number of hydrogen-bond acceptors (Lipinski definition) is 4. The molecular weight excluding hydrogens is 482 g/mol. The monoisotopic (exact) mass is 492 g/mol. The molecule has 1 unspecified atom stereocenters. The molecule has 3 rings (SSSR count). The van der Waals surface area contributed by atoms with E-state index in [-0.39, 0.29) is 31.2 Å². The number of rotatable bonds is 4. The van der Waals surface area contributed by atoms with Crippen LogP contribution < -0.4 is 0 Å². The SMILES string of the molecule is O=S(=O)(O)C(c1ccc(Cl)c(Cl)c1)(c1ccccc1Cl)c1c(Cl)ccc(O)c1O. The number of hydrogen-bond donors (Lipinski definition) is 3. The van der Waals surface area contributed by atoms with Crippen LogP contribution in [0, 0.1) is 0 Å². The highest BCUT2D eigenvalue weighted by atomic mass is 35.5. The van der Waals surface area contributed by atoms with Crippen LogP contribution in [0.25, 0.3) is 0 Å². The molecule has 0 amide bonds. The topological polar surface area (TPSA) is 94.8 Å². The van der Waals surface area contributed by atoms with Crippen molar-refractivity contribution in [2.45, 2.75) is 4.75 Å². The fourth-order valence-electron chi connectivity index (χ4n) is 3.20. The van der Waals surface area contributed by atoms with Crippen molar-refractivity contribution in [1.29, 1.82) is 0 Å². The van der Waals surface area contributed by atoms with Gasteiger partial charge in [-0.2, -0.15) is 8.42 Å². The molecule has 0 aliphatic carbocycles. The number of aromatic hydroxyl groups is 2. The summed E-state index contributed by atoms with van der Waals surface area (Å²) in [5, 5.41) is 20.5. The summed E-state index contributed by atoms with van der Waals surface area (Å²) in [6.45, 7) is 0. The van der Waals surface area contributed by atoms with Gasteiger partial charge in [-0.3, -0.25) is 4.55 Å². The molecule has 0 spiro atoms. The average molecular weight is 494 g/mol. The maximum absolute atomic E-state index is 13.0. The molecule has 0 aliphatic rings. The summed E-state index contributed by atoms with van der Waals surface area (Å²) in [5.41, 5.74) is -0.719. The highest BCUT2D eigenvalue weighted by Gasteiger charge is 2.53. The molecule has 3 N–H and O–H groups in total. The zero-order valence-corrected chi connectivity index (χ0v) is 18.1. The van der Waals surface area contributed by atoms with E-state index in [1.54, 1.807) is 6.07 Å². The lowest BCUT2D eigenvalue weighted by Crippen LogP contribution is -2.39. The van der Waals surface area contributed by atoms with Gasteiger partial charge in [0.1, 0.15) is 0 Å². The van der Waals surface area contributed by atoms with Gasteiger partial charge in [0, 0.05) is 16.1 Å². The van der Waals surface area contributed by atoms with E-state index in [0.717, 1.165) is 6.07 Å². The Morgan fingerprint density at radius 1 is 0.759 bits per heavy atom. The third kappa shape index (κ3) is 3.54. The van der Waals surface area contributed by atoms with Crippen molar-refractivity contribution in [3.63, 3.8) is 0 Å². The minimum absolute atomic E-state index is 0.0139. The number of benzene rings is 3. The Balaban J connectivity index is 2.66. The van der Waals surface area contributed by atoms with E-state index >= 15 is 0 Å². The number of halogens is 4. The van der Waals surface area contributed by atoms with Crippen LogP contribution in [0.15, 0.2) is 54.6 Å². The van der Waals surface area contributed by atoms with Gasteiger partial charge in [0.15, 0.2) is 16.2 Å². The summed E-state index contributed by atoms with van der Waals surface area (Å²) in [5.74, 6) is -1.49. The van der Waals surface area contributed by atoms with Crippen LogP contribution in [0.4, 0.5) is 0 Å². The van der Waals surface area contributed by atoms with Crippen LogP contribution in [0.5, 0.6) is 11.5 Å². The number of phenolic OH excluding ortho intramolecular Hbond substituents is 2. The summed E-state index contributed by atoms with van der Waals surface area (Å²) < 4.78 is 33.9. The highest BCUT2D eigenvalue weighted by Crippen LogP contribution is 2.53. The minimum Gasteiger partial charge on any atom is -0.504 e. The second-order valence-electron chi connectivity index (χ2n) is 6.06. The minimum atomic E-state index is -5.14. The van der Waals surface area contributed by atoms with Crippen LogP contribution in [0.2, 0.25) is 20.1 Å². The van der Waals surface area contributed by atoms with Gasteiger partial charge in [-0.1, -0.05) is 70.7 Å². The van der Waals surface area contributed by atoms with Crippen molar-refractivity contribution < 1.29 is 23.2 Å². The van der Waals surface area contributed by atoms with E-state index < -0.39 is 31.9 Å². The molecule has 0 radical (unpaired) electrons. The normalized spacial score (nSPS) is 13.8. The van der Waals surface area contributed by atoms with E-state index in [1.165, 1.54) is 42.5 Å². The maximum atomic E-state index is 13.0. The van der Waals surface area contributed by atoms with E-state index in [1.807, 2.05) is 0 Å². The Morgan fingerprint density at radius 2 is 1.38 bits per heavy atom. The zero-order valence-electron chi connectivity index (χ0n) is 14.3. The number of phenols is 2. The quantitative estimate of drug-likeness (QED) is 0.239. The van der Waals surface area contributed by atoms with Crippen molar-refractivity contribution in [2.24, 2.45) is 0 Å². The lowest BCUT2D eigenvalue weighted by atomic mass is 9.83. The molecule has 152 valence electrons. The lowest BCUT2D eigenvalue weighted by Gasteiger charge is -2.34. The average Bonchev–Trinajstić information content (AvgIpc) is 2.64. The van der Waals surface area contributed by atoms with Crippen LogP contribution in [-0.4, -0.2) is 23.2 Å². The molecule has 0 aliphatic heterocycles. The summed E-state index contributed by atoms with van der Waals surface area (Å²) in [6.07, 6.45) is 0. The third-order valence-corrected chi connectivity index (χ3v) is 7.24. The van der Waals surface area contributed by atoms with Gasteiger partial charge < -0.3 is 10.2 Å². The Labute approximate surface area is 186 Å². The Bertz CT molecular complexity index is 1210. The Hall–Kier alpha value is -1.67. The van der Waals surface area contributed by atoms with Crippen molar-refractivity contribution in [3.8, 4) is 11.5 Å². The fourth-order valence-corrected chi connectivity index (χ4v) is 5.53. The van der Waals surface area contributed by atoms with Crippen molar-refractivity contribution in [2.75, 3.05) is 0 Å². The Kier molecular flexibility index (Phi) is 5.98. The molecule has 0 saturated heterocycles. The van der Waals surface area contributed by atoms with Crippen molar-refractivity contribution >= 4 is 56.5 Å². The van der Waals surface area contributed by atoms with Crippen LogP contribution in [0.1, 0.15) is 16.7 Å².